The van der Waals surface area contributed by atoms with Crippen molar-refractivity contribution in [3.05, 3.63) is 0 Å². The third-order valence-corrected chi connectivity index (χ3v) is 3.83. The van der Waals surface area contributed by atoms with E-state index in [1.54, 1.807) is 20.8 Å². The largest absolute Gasteiger partial charge is 0.481 e. The molecule has 9 heteroatoms. The summed E-state index contributed by atoms with van der Waals surface area (Å²) in [6, 6.07) is 0. The standard InChI is InChI=1S/C14H24N2O7/c1-13(2,3)23-11(20)15-8-9(17)14(10(18)19)4-6-16(7-5-14)12(21)22/h9,17H,4-8H2,1-3H3,(H,15,20)(H,18,19)(H,21,22). The third-order valence-electron chi connectivity index (χ3n) is 3.83. The summed E-state index contributed by atoms with van der Waals surface area (Å²) in [5.74, 6) is -1.21. The zero-order valence-electron chi connectivity index (χ0n) is 13.5. The minimum Gasteiger partial charge on any atom is -0.481 e. The molecule has 0 aliphatic carbocycles. The maximum absolute atomic E-state index is 11.6. The highest BCUT2D eigenvalue weighted by Gasteiger charge is 2.48. The van der Waals surface area contributed by atoms with E-state index in [-0.39, 0.29) is 32.5 Å². The monoisotopic (exact) mass is 332 g/mol. The van der Waals surface area contributed by atoms with Crippen LogP contribution in [0.15, 0.2) is 0 Å². The lowest BCUT2D eigenvalue weighted by molar-refractivity contribution is -0.161. The van der Waals surface area contributed by atoms with Gasteiger partial charge in [-0.3, -0.25) is 4.79 Å². The first-order chi connectivity index (χ1) is 10.5. The van der Waals surface area contributed by atoms with Crippen LogP contribution in [-0.2, 0) is 9.53 Å². The van der Waals surface area contributed by atoms with E-state index in [2.05, 4.69) is 5.32 Å². The molecule has 1 atom stereocenters. The molecule has 0 radical (unpaired) electrons. The van der Waals surface area contributed by atoms with Crippen molar-refractivity contribution in [2.24, 2.45) is 5.41 Å². The van der Waals surface area contributed by atoms with E-state index in [9.17, 15) is 24.6 Å². The summed E-state index contributed by atoms with van der Waals surface area (Å²) in [4.78, 5) is 35.2. The normalized spacial score (nSPS) is 18.9. The van der Waals surface area contributed by atoms with E-state index in [4.69, 9.17) is 9.84 Å². The van der Waals surface area contributed by atoms with Crippen LogP contribution in [0, 0.1) is 5.41 Å². The number of carboxylic acids is 1. The number of piperidine rings is 1. The highest BCUT2D eigenvalue weighted by Crippen LogP contribution is 2.35. The first-order valence-electron chi connectivity index (χ1n) is 7.34. The van der Waals surface area contributed by atoms with Crippen LogP contribution in [0.4, 0.5) is 9.59 Å². The van der Waals surface area contributed by atoms with Crippen molar-refractivity contribution < 1.29 is 34.4 Å². The molecular formula is C14H24N2O7. The van der Waals surface area contributed by atoms with Gasteiger partial charge in [0.2, 0.25) is 0 Å². The van der Waals surface area contributed by atoms with Crippen molar-refractivity contribution in [3.8, 4) is 0 Å². The molecule has 1 rings (SSSR count). The second-order valence-corrected chi connectivity index (χ2v) is 6.63. The van der Waals surface area contributed by atoms with Crippen LogP contribution in [0.25, 0.3) is 0 Å². The number of amides is 2. The first kappa shape index (κ1) is 19.0. The number of carbonyl (C=O) groups excluding carboxylic acids is 1. The Balaban J connectivity index is 2.66. The highest BCUT2D eigenvalue weighted by atomic mass is 16.6. The number of nitrogens with zero attached hydrogens (tertiary/aromatic N) is 1. The number of alkyl carbamates (subject to hydrolysis) is 1. The number of likely N-dealkylation sites (tertiary alicyclic amines) is 1. The molecule has 0 aromatic carbocycles. The quantitative estimate of drug-likeness (QED) is 0.595. The Bertz CT molecular complexity index is 464. The number of carboxylic acid groups (broad SMARTS) is 2. The number of aliphatic hydroxyl groups excluding tert-OH is 1. The van der Waals surface area contributed by atoms with Gasteiger partial charge in [-0.25, -0.2) is 9.59 Å². The van der Waals surface area contributed by atoms with Gasteiger partial charge in [-0.15, -0.1) is 0 Å². The SMILES string of the molecule is CC(C)(C)OC(=O)NCC(O)C1(C(=O)O)CCN(C(=O)O)CC1. The van der Waals surface area contributed by atoms with Crippen molar-refractivity contribution in [2.75, 3.05) is 19.6 Å². The lowest BCUT2D eigenvalue weighted by atomic mass is 9.73. The number of aliphatic carboxylic acids is 1. The smallest absolute Gasteiger partial charge is 0.407 e. The maximum atomic E-state index is 11.6. The molecule has 0 spiro atoms. The minimum absolute atomic E-state index is 0.0190. The molecule has 1 heterocycles. The molecule has 23 heavy (non-hydrogen) atoms. The van der Waals surface area contributed by atoms with Crippen LogP contribution in [0.2, 0.25) is 0 Å². The molecular weight excluding hydrogens is 308 g/mol. The highest BCUT2D eigenvalue weighted by molar-refractivity contribution is 5.76. The van der Waals surface area contributed by atoms with E-state index in [0.29, 0.717) is 0 Å². The van der Waals surface area contributed by atoms with Crippen LogP contribution >= 0.6 is 0 Å². The third kappa shape index (κ3) is 4.98. The van der Waals surface area contributed by atoms with E-state index >= 15 is 0 Å². The number of carbonyl (C=O) groups is 3. The van der Waals surface area contributed by atoms with Gasteiger partial charge in [-0.2, -0.15) is 0 Å². The predicted molar refractivity (Wildman–Crippen MR) is 79.1 cm³/mol. The summed E-state index contributed by atoms with van der Waals surface area (Å²) < 4.78 is 5.02. The summed E-state index contributed by atoms with van der Waals surface area (Å²) in [5, 5.41) is 31.0. The number of hydrogen-bond acceptors (Lipinski definition) is 5. The molecule has 0 aromatic heterocycles. The molecule has 1 saturated heterocycles. The molecule has 0 bridgehead atoms. The van der Waals surface area contributed by atoms with Gasteiger partial charge in [-0.1, -0.05) is 0 Å². The van der Waals surface area contributed by atoms with Crippen LogP contribution in [-0.4, -0.2) is 69.7 Å². The zero-order valence-corrected chi connectivity index (χ0v) is 13.5. The number of ether oxygens (including phenoxy) is 1. The van der Waals surface area contributed by atoms with Crippen molar-refractivity contribution in [2.45, 2.75) is 45.3 Å². The Morgan fingerprint density at radius 3 is 2.13 bits per heavy atom. The summed E-state index contributed by atoms with van der Waals surface area (Å²) >= 11 is 0. The summed E-state index contributed by atoms with van der Waals surface area (Å²) in [7, 11) is 0. The molecule has 0 aromatic rings. The molecule has 1 aliphatic heterocycles. The van der Waals surface area contributed by atoms with E-state index in [0.717, 1.165) is 4.90 Å². The number of rotatable bonds is 4. The van der Waals surface area contributed by atoms with Gasteiger partial charge >= 0.3 is 18.2 Å². The average molecular weight is 332 g/mol. The fourth-order valence-electron chi connectivity index (χ4n) is 2.48. The van der Waals surface area contributed by atoms with E-state index in [1.165, 1.54) is 0 Å². The van der Waals surface area contributed by atoms with Crippen LogP contribution in [0.5, 0.6) is 0 Å². The van der Waals surface area contributed by atoms with Crippen molar-refractivity contribution in [1.29, 1.82) is 0 Å². The molecule has 1 aliphatic rings. The molecule has 2 amide bonds. The van der Waals surface area contributed by atoms with Gasteiger partial charge in [0.05, 0.1) is 11.5 Å². The lowest BCUT2D eigenvalue weighted by Gasteiger charge is -2.40. The summed E-state index contributed by atoms with van der Waals surface area (Å²) in [6.45, 7) is 4.81. The minimum atomic E-state index is -1.49. The van der Waals surface area contributed by atoms with E-state index < -0.39 is 35.3 Å². The van der Waals surface area contributed by atoms with Gasteiger partial charge in [0, 0.05) is 19.6 Å². The van der Waals surface area contributed by atoms with E-state index in [1.807, 2.05) is 0 Å². The second-order valence-electron chi connectivity index (χ2n) is 6.63. The Kier molecular flexibility index (Phi) is 5.81. The molecule has 132 valence electrons. The Hall–Kier alpha value is -2.03. The number of nitrogens with one attached hydrogen (secondary N) is 1. The van der Waals surface area contributed by atoms with Crippen LogP contribution < -0.4 is 5.32 Å². The zero-order chi connectivity index (χ0) is 17.8. The fraction of sp³-hybridized carbons (Fsp3) is 0.786. The first-order valence-corrected chi connectivity index (χ1v) is 7.34. The van der Waals surface area contributed by atoms with Gasteiger partial charge in [0.1, 0.15) is 5.60 Å². The van der Waals surface area contributed by atoms with Gasteiger partial charge < -0.3 is 30.3 Å². The van der Waals surface area contributed by atoms with Gasteiger partial charge in [0.15, 0.2) is 0 Å². The fourth-order valence-corrected chi connectivity index (χ4v) is 2.48. The predicted octanol–water partition coefficient (Wildman–Crippen LogP) is 0.717. The van der Waals surface area contributed by atoms with Crippen molar-refractivity contribution in [3.63, 3.8) is 0 Å². The topological polar surface area (TPSA) is 136 Å². The molecule has 1 fully saturated rings. The van der Waals surface area contributed by atoms with Crippen LogP contribution in [0.1, 0.15) is 33.6 Å². The van der Waals surface area contributed by atoms with Crippen molar-refractivity contribution >= 4 is 18.2 Å². The van der Waals surface area contributed by atoms with Crippen LogP contribution in [0.3, 0.4) is 0 Å². The number of hydrogen-bond donors (Lipinski definition) is 4. The lowest BCUT2D eigenvalue weighted by Crippen LogP contribution is -2.55. The Labute approximate surface area is 134 Å². The number of aliphatic hydroxyl groups is 1. The average Bonchev–Trinajstić information content (AvgIpc) is 2.42. The van der Waals surface area contributed by atoms with Crippen molar-refractivity contribution in [1.82, 2.24) is 10.2 Å². The molecule has 4 N–H and O–H groups in total. The molecule has 0 saturated carbocycles. The maximum Gasteiger partial charge on any atom is 0.407 e. The van der Waals surface area contributed by atoms with Gasteiger partial charge in [-0.05, 0) is 33.6 Å². The molecule has 9 nitrogen and oxygen atoms in total. The second kappa shape index (κ2) is 7.03. The molecule has 1 unspecified atom stereocenters. The summed E-state index contributed by atoms with van der Waals surface area (Å²) in [5.41, 5.74) is -2.19. The summed E-state index contributed by atoms with van der Waals surface area (Å²) in [6.07, 6.45) is -3.26. The van der Waals surface area contributed by atoms with Gasteiger partial charge in [0.25, 0.3) is 0 Å². The Morgan fingerprint density at radius 2 is 1.74 bits per heavy atom. The Morgan fingerprint density at radius 1 is 1.22 bits per heavy atom.